The average Bonchev–Trinajstić information content (AvgIpc) is 2.83. The molecule has 1 atom stereocenters. The molecular weight excluding hydrogens is 511 g/mol. The first-order valence-electron chi connectivity index (χ1n) is 13.5. The van der Waals surface area contributed by atoms with Crippen molar-refractivity contribution in [2.75, 3.05) is 13.7 Å². The van der Waals surface area contributed by atoms with Gasteiger partial charge in [0.15, 0.2) is 0 Å². The second kappa shape index (κ2) is 18.6. The van der Waals surface area contributed by atoms with Crippen molar-refractivity contribution < 1.29 is 9.47 Å². The molecule has 0 amide bonds. The van der Waals surface area contributed by atoms with Gasteiger partial charge in [-0.1, -0.05) is 0 Å². The summed E-state index contributed by atoms with van der Waals surface area (Å²) in [5.41, 5.74) is 2.52. The van der Waals surface area contributed by atoms with Crippen molar-refractivity contribution in [2.45, 2.75) is 106 Å². The molecule has 0 aliphatic heterocycles. The van der Waals surface area contributed by atoms with Gasteiger partial charge in [-0.15, -0.1) is 0 Å². The van der Waals surface area contributed by atoms with Gasteiger partial charge in [0.25, 0.3) is 0 Å². The van der Waals surface area contributed by atoms with Crippen LogP contribution < -0.4 is 4.74 Å². The zero-order valence-electron chi connectivity index (χ0n) is 22.6. The molecular formula is C30H52O2Sn. The van der Waals surface area contributed by atoms with Gasteiger partial charge in [-0.2, -0.15) is 0 Å². The Morgan fingerprint density at radius 2 is 1.52 bits per heavy atom. The molecule has 0 unspecified atom stereocenters. The van der Waals surface area contributed by atoms with E-state index in [-0.39, 0.29) is 0 Å². The minimum atomic E-state index is -2.13. The van der Waals surface area contributed by atoms with Gasteiger partial charge in [-0.3, -0.25) is 0 Å². The second-order valence-electron chi connectivity index (χ2n) is 9.98. The molecule has 0 bridgehead atoms. The Kier molecular flexibility index (Phi) is 17.0. The van der Waals surface area contributed by atoms with Gasteiger partial charge in [-0.25, -0.2) is 0 Å². The molecule has 0 aromatic heterocycles. The molecule has 188 valence electrons. The van der Waals surface area contributed by atoms with Crippen LogP contribution in [0.25, 0.3) is 0 Å². The van der Waals surface area contributed by atoms with Crippen LogP contribution in [0.5, 0.6) is 5.75 Å². The summed E-state index contributed by atoms with van der Waals surface area (Å²) in [4.78, 5) is 0. The van der Waals surface area contributed by atoms with E-state index in [2.05, 4.69) is 63.0 Å². The van der Waals surface area contributed by atoms with E-state index in [1.54, 1.807) is 20.4 Å². The summed E-state index contributed by atoms with van der Waals surface area (Å²) >= 11 is -2.13. The SMILES string of the molecule is CCC[CH2][Sn](/[CH]=C/[C@@H](C)CC/C=C(\C)COCc1ccc(OC)cc1)([CH2]CCC)[CH2]CCC. The van der Waals surface area contributed by atoms with Gasteiger partial charge in [-0.05, 0) is 12.1 Å². The minimum absolute atomic E-state index is 0.649. The number of ether oxygens (including phenoxy) is 2. The third-order valence-corrected chi connectivity index (χ3v) is 20.9. The zero-order chi connectivity index (χ0) is 24.4. The fourth-order valence-electron chi connectivity index (χ4n) is 4.38. The van der Waals surface area contributed by atoms with Crippen LogP contribution in [0.4, 0.5) is 0 Å². The molecule has 0 N–H and O–H groups in total. The van der Waals surface area contributed by atoms with Crippen LogP contribution in [0.1, 0.15) is 91.5 Å². The molecule has 0 heterocycles. The first-order valence-corrected chi connectivity index (χ1v) is 21.2. The van der Waals surface area contributed by atoms with Gasteiger partial charge in [0.05, 0.1) is 7.11 Å². The van der Waals surface area contributed by atoms with E-state index in [1.165, 1.54) is 56.1 Å². The summed E-state index contributed by atoms with van der Waals surface area (Å²) in [6.07, 6.45) is 15.8. The second-order valence-corrected chi connectivity index (χ2v) is 23.0. The van der Waals surface area contributed by atoms with E-state index >= 15 is 0 Å². The fourth-order valence-corrected chi connectivity index (χ4v) is 19.1. The van der Waals surface area contributed by atoms with Gasteiger partial charge < -0.3 is 4.74 Å². The number of methoxy groups -OCH3 is 1. The normalized spacial score (nSPS) is 13.6. The molecule has 0 aliphatic carbocycles. The number of allylic oxidation sites excluding steroid dienone is 2. The van der Waals surface area contributed by atoms with Crippen LogP contribution in [-0.4, -0.2) is 32.1 Å². The van der Waals surface area contributed by atoms with Crippen LogP contribution in [0.3, 0.4) is 0 Å². The Hall–Kier alpha value is -0.741. The van der Waals surface area contributed by atoms with Crippen LogP contribution in [0.2, 0.25) is 13.3 Å². The summed E-state index contributed by atoms with van der Waals surface area (Å²) in [6.45, 7) is 13.0. The Morgan fingerprint density at radius 1 is 0.939 bits per heavy atom. The van der Waals surface area contributed by atoms with Crippen molar-refractivity contribution in [3.63, 3.8) is 0 Å². The van der Waals surface area contributed by atoms with Crippen molar-refractivity contribution in [3.05, 3.63) is 51.6 Å². The van der Waals surface area contributed by atoms with Gasteiger partial charge in [0, 0.05) is 0 Å². The molecule has 2 nitrogen and oxygen atoms in total. The van der Waals surface area contributed by atoms with E-state index < -0.39 is 18.4 Å². The Morgan fingerprint density at radius 3 is 2.03 bits per heavy atom. The van der Waals surface area contributed by atoms with Gasteiger partial charge in [0.1, 0.15) is 5.75 Å². The van der Waals surface area contributed by atoms with Gasteiger partial charge in [0.2, 0.25) is 0 Å². The van der Waals surface area contributed by atoms with Crippen LogP contribution >= 0.6 is 0 Å². The predicted molar refractivity (Wildman–Crippen MR) is 149 cm³/mol. The molecule has 1 aromatic carbocycles. The molecule has 33 heavy (non-hydrogen) atoms. The number of hydrogen-bond acceptors (Lipinski definition) is 2. The fraction of sp³-hybridized carbons (Fsp3) is 0.667. The number of benzene rings is 1. The summed E-state index contributed by atoms with van der Waals surface area (Å²) in [7, 11) is 1.70. The van der Waals surface area contributed by atoms with E-state index in [0.29, 0.717) is 19.1 Å². The van der Waals surface area contributed by atoms with Crippen molar-refractivity contribution >= 4 is 18.4 Å². The monoisotopic (exact) mass is 564 g/mol. The average molecular weight is 563 g/mol. The summed E-state index contributed by atoms with van der Waals surface area (Å²) in [5.74, 6) is 1.57. The number of unbranched alkanes of at least 4 members (excludes halogenated alkanes) is 3. The summed E-state index contributed by atoms with van der Waals surface area (Å²) < 4.78 is 18.7. The molecule has 0 spiro atoms. The predicted octanol–water partition coefficient (Wildman–Crippen LogP) is 9.52. The zero-order valence-corrected chi connectivity index (χ0v) is 25.5. The quantitative estimate of drug-likeness (QED) is 0.123. The third kappa shape index (κ3) is 13.7. The molecule has 0 radical (unpaired) electrons. The Balaban J connectivity index is 2.50. The molecule has 1 rings (SSSR count). The van der Waals surface area contributed by atoms with Crippen LogP contribution in [0.15, 0.2) is 46.1 Å². The summed E-state index contributed by atoms with van der Waals surface area (Å²) in [6, 6.07) is 8.11. The van der Waals surface area contributed by atoms with Crippen LogP contribution in [0, 0.1) is 5.92 Å². The van der Waals surface area contributed by atoms with Crippen LogP contribution in [-0.2, 0) is 11.3 Å². The standard InChI is InChI=1S/C18H25O2.3C4H9.Sn/c1-5-15(2)7-6-8-16(3)13-20-14-17-9-11-18(19-4)12-10-17;3*1-3-4-2;/h1,5,8-12,15H,6-7,13-14H2,2-4H3;3*1,3-4H2,2H3;/b5-1?,16-8+;;;;/t15-;;;;/m1..../s1. The van der Waals surface area contributed by atoms with Crippen molar-refractivity contribution in [1.82, 2.24) is 0 Å². The van der Waals surface area contributed by atoms with E-state index in [9.17, 15) is 0 Å². The molecule has 3 heteroatoms. The van der Waals surface area contributed by atoms with E-state index in [4.69, 9.17) is 9.47 Å². The maximum absolute atomic E-state index is 5.90. The number of rotatable bonds is 19. The van der Waals surface area contributed by atoms with Crippen molar-refractivity contribution in [1.29, 1.82) is 0 Å². The topological polar surface area (TPSA) is 18.5 Å². The first-order chi connectivity index (χ1) is 16.0. The third-order valence-electron chi connectivity index (χ3n) is 6.74. The molecule has 0 saturated heterocycles. The Bertz CT molecular complexity index is 641. The molecule has 0 aliphatic rings. The maximum atomic E-state index is 5.90. The van der Waals surface area contributed by atoms with Crippen molar-refractivity contribution in [3.8, 4) is 5.75 Å². The number of hydrogen-bond donors (Lipinski definition) is 0. The van der Waals surface area contributed by atoms with E-state index in [1.807, 2.05) is 12.1 Å². The molecule has 0 saturated carbocycles. The molecule has 0 fully saturated rings. The Labute approximate surface area is 210 Å². The van der Waals surface area contributed by atoms with Gasteiger partial charge >= 0.3 is 181 Å². The molecule has 1 aromatic rings. The van der Waals surface area contributed by atoms with E-state index in [0.717, 1.165) is 12.2 Å². The van der Waals surface area contributed by atoms with Crippen molar-refractivity contribution in [2.24, 2.45) is 5.92 Å². The summed E-state index contributed by atoms with van der Waals surface area (Å²) in [5, 5.41) is 0. The first kappa shape index (κ1) is 30.3.